The maximum atomic E-state index is 5.48. The van der Waals surface area contributed by atoms with Crippen LogP contribution in [0.3, 0.4) is 0 Å². The molecule has 0 bridgehead atoms. The Morgan fingerprint density at radius 1 is 1.22 bits per heavy atom. The minimum absolute atomic E-state index is 0.236. The number of hydrogen-bond acceptors (Lipinski definition) is 4. The molecule has 0 unspecified atom stereocenters. The van der Waals surface area contributed by atoms with Gasteiger partial charge in [-0.1, -0.05) is 30.3 Å². The highest BCUT2D eigenvalue weighted by atomic mass is 79.9. The number of ether oxygens (including phenoxy) is 1. The second-order valence-electron chi connectivity index (χ2n) is 3.73. The monoisotopic (exact) mass is 304 g/mol. The molecule has 90 valence electrons. The van der Waals surface area contributed by atoms with Gasteiger partial charge in [-0.15, -0.1) is 0 Å². The Hall–Kier alpha value is -1.88. The summed E-state index contributed by atoms with van der Waals surface area (Å²) in [6.45, 7) is 0.425. The van der Waals surface area contributed by atoms with Gasteiger partial charge in [0.1, 0.15) is 6.61 Å². The van der Waals surface area contributed by atoms with E-state index in [-0.39, 0.29) is 6.08 Å². The largest absolute Gasteiger partial charge is 0.445 e. The minimum Gasteiger partial charge on any atom is -0.445 e. The van der Waals surface area contributed by atoms with Crippen molar-refractivity contribution in [1.82, 2.24) is 9.97 Å². The van der Waals surface area contributed by atoms with Crippen LogP contribution in [-0.4, -0.2) is 9.97 Å². The summed E-state index contributed by atoms with van der Waals surface area (Å²) in [6.07, 6.45) is 1.91. The summed E-state index contributed by atoms with van der Waals surface area (Å²) in [4.78, 5) is 8.27. The van der Waals surface area contributed by atoms with Gasteiger partial charge in [-0.3, -0.25) is 0 Å². The Kier molecular flexibility index (Phi) is 2.98. The molecule has 18 heavy (non-hydrogen) atoms. The minimum atomic E-state index is 0.236. The molecule has 5 heteroatoms. The van der Waals surface area contributed by atoms with Crippen LogP contribution in [0.4, 0.5) is 0 Å². The van der Waals surface area contributed by atoms with Crippen LogP contribution < -0.4 is 4.74 Å². The summed E-state index contributed by atoms with van der Waals surface area (Å²) >= 11 is 3.33. The van der Waals surface area contributed by atoms with Crippen LogP contribution in [0.15, 0.2) is 51.5 Å². The van der Waals surface area contributed by atoms with Gasteiger partial charge in [-0.2, -0.15) is 4.98 Å². The zero-order chi connectivity index (χ0) is 12.4. The van der Waals surface area contributed by atoms with Gasteiger partial charge in [-0.05, 0) is 21.5 Å². The molecular weight excluding hydrogens is 296 g/mol. The molecule has 0 fully saturated rings. The van der Waals surface area contributed by atoms with Crippen LogP contribution in [0.1, 0.15) is 5.56 Å². The molecule has 0 aliphatic carbocycles. The van der Waals surface area contributed by atoms with Crippen molar-refractivity contribution in [3.63, 3.8) is 0 Å². The van der Waals surface area contributed by atoms with Crippen LogP contribution in [-0.2, 0) is 6.61 Å². The highest BCUT2D eigenvalue weighted by Crippen LogP contribution is 2.22. The van der Waals surface area contributed by atoms with Gasteiger partial charge < -0.3 is 9.15 Å². The Morgan fingerprint density at radius 3 is 2.89 bits per heavy atom. The molecule has 0 N–H and O–H groups in total. The van der Waals surface area contributed by atoms with Gasteiger partial charge in [-0.25, -0.2) is 4.98 Å². The van der Waals surface area contributed by atoms with Crippen LogP contribution >= 0.6 is 15.9 Å². The number of halogens is 1. The van der Waals surface area contributed by atoms with Gasteiger partial charge in [0.15, 0.2) is 5.58 Å². The number of hydrogen-bond donors (Lipinski definition) is 0. The fourth-order valence-corrected chi connectivity index (χ4v) is 1.87. The lowest BCUT2D eigenvalue weighted by Crippen LogP contribution is -1.94. The topological polar surface area (TPSA) is 48.2 Å². The maximum Gasteiger partial charge on any atom is 0.396 e. The molecule has 0 saturated carbocycles. The predicted molar refractivity (Wildman–Crippen MR) is 70.3 cm³/mol. The molecule has 2 heterocycles. The first kappa shape index (κ1) is 11.2. The number of oxazole rings is 1. The number of nitrogens with zero attached hydrogens (tertiary/aromatic N) is 2. The van der Waals surface area contributed by atoms with Crippen molar-refractivity contribution < 1.29 is 9.15 Å². The highest BCUT2D eigenvalue weighted by Gasteiger charge is 2.08. The standard InChI is InChI=1S/C13H9BrN2O2/c14-10-6-11-12(15-7-10)16-13(18-11)17-8-9-4-2-1-3-5-9/h1-7H,8H2. The Morgan fingerprint density at radius 2 is 2.06 bits per heavy atom. The van der Waals surface area contributed by atoms with E-state index in [0.717, 1.165) is 10.0 Å². The van der Waals surface area contributed by atoms with Gasteiger partial charge >= 0.3 is 6.08 Å². The molecule has 0 radical (unpaired) electrons. The SMILES string of the molecule is Brc1cnc2nc(OCc3ccccc3)oc2c1. The highest BCUT2D eigenvalue weighted by molar-refractivity contribution is 9.10. The number of pyridine rings is 1. The summed E-state index contributed by atoms with van der Waals surface area (Å²) in [5.74, 6) is 0. The van der Waals surface area contributed by atoms with Crippen molar-refractivity contribution in [2.45, 2.75) is 6.61 Å². The average Bonchev–Trinajstić information content (AvgIpc) is 2.79. The Labute approximate surface area is 112 Å². The zero-order valence-electron chi connectivity index (χ0n) is 9.34. The normalized spacial score (nSPS) is 10.7. The number of rotatable bonds is 3. The predicted octanol–water partition coefficient (Wildman–Crippen LogP) is 3.56. The number of benzene rings is 1. The van der Waals surface area contributed by atoms with E-state index in [9.17, 15) is 0 Å². The quantitative estimate of drug-likeness (QED) is 0.742. The van der Waals surface area contributed by atoms with Crippen molar-refractivity contribution in [1.29, 1.82) is 0 Å². The fraction of sp³-hybridized carbons (Fsp3) is 0.0769. The number of fused-ring (bicyclic) bond motifs is 1. The molecule has 3 rings (SSSR count). The average molecular weight is 305 g/mol. The third kappa shape index (κ3) is 2.36. The first-order valence-corrected chi connectivity index (χ1v) is 6.19. The molecule has 0 aliphatic heterocycles. The van der Waals surface area contributed by atoms with Crippen molar-refractivity contribution in [3.05, 3.63) is 52.6 Å². The summed E-state index contributed by atoms with van der Waals surface area (Å²) < 4.78 is 11.8. The van der Waals surface area contributed by atoms with E-state index in [2.05, 4.69) is 25.9 Å². The molecular formula is C13H9BrN2O2. The van der Waals surface area contributed by atoms with E-state index in [1.807, 2.05) is 36.4 Å². The second kappa shape index (κ2) is 4.78. The van der Waals surface area contributed by atoms with E-state index in [1.165, 1.54) is 0 Å². The first-order valence-electron chi connectivity index (χ1n) is 5.40. The zero-order valence-corrected chi connectivity index (χ0v) is 10.9. The Bertz CT molecular complexity index is 667. The summed E-state index contributed by atoms with van der Waals surface area (Å²) in [5.41, 5.74) is 2.21. The molecule has 4 nitrogen and oxygen atoms in total. The van der Waals surface area contributed by atoms with Crippen LogP contribution in [0.2, 0.25) is 0 Å². The molecule has 0 aliphatic rings. The summed E-state index contributed by atoms with van der Waals surface area (Å²) in [6, 6.07) is 11.7. The van der Waals surface area contributed by atoms with Crippen molar-refractivity contribution in [2.75, 3.05) is 0 Å². The van der Waals surface area contributed by atoms with Gasteiger partial charge in [0.05, 0.1) is 0 Å². The van der Waals surface area contributed by atoms with Gasteiger partial charge in [0, 0.05) is 16.7 Å². The molecule has 3 aromatic rings. The van der Waals surface area contributed by atoms with Crippen molar-refractivity contribution >= 4 is 27.2 Å². The van der Waals surface area contributed by atoms with E-state index in [4.69, 9.17) is 9.15 Å². The third-order valence-corrected chi connectivity index (χ3v) is 2.83. The lowest BCUT2D eigenvalue weighted by Gasteiger charge is -2.00. The van der Waals surface area contributed by atoms with Crippen LogP contribution in [0, 0.1) is 0 Å². The van der Waals surface area contributed by atoms with Crippen LogP contribution in [0.5, 0.6) is 6.08 Å². The lowest BCUT2D eigenvalue weighted by atomic mass is 10.2. The van der Waals surface area contributed by atoms with Crippen LogP contribution in [0.25, 0.3) is 11.2 Å². The first-order chi connectivity index (χ1) is 8.81. The smallest absolute Gasteiger partial charge is 0.396 e. The van der Waals surface area contributed by atoms with E-state index in [0.29, 0.717) is 17.8 Å². The maximum absolute atomic E-state index is 5.48. The Balaban J connectivity index is 1.79. The summed E-state index contributed by atoms with van der Waals surface area (Å²) in [7, 11) is 0. The van der Waals surface area contributed by atoms with E-state index < -0.39 is 0 Å². The molecule has 1 aromatic carbocycles. The molecule has 0 amide bonds. The molecule has 0 atom stereocenters. The summed E-state index contributed by atoms with van der Waals surface area (Å²) in [5, 5.41) is 0. The van der Waals surface area contributed by atoms with E-state index >= 15 is 0 Å². The van der Waals surface area contributed by atoms with E-state index in [1.54, 1.807) is 6.20 Å². The van der Waals surface area contributed by atoms with Crippen molar-refractivity contribution in [2.24, 2.45) is 0 Å². The van der Waals surface area contributed by atoms with Gasteiger partial charge in [0.25, 0.3) is 0 Å². The molecule has 0 saturated heterocycles. The van der Waals surface area contributed by atoms with Crippen molar-refractivity contribution in [3.8, 4) is 6.08 Å². The van der Waals surface area contributed by atoms with Gasteiger partial charge in [0.2, 0.25) is 5.65 Å². The molecule has 2 aromatic heterocycles. The lowest BCUT2D eigenvalue weighted by molar-refractivity contribution is 0.226. The fourth-order valence-electron chi connectivity index (χ4n) is 1.56. The second-order valence-corrected chi connectivity index (χ2v) is 4.65. The third-order valence-electron chi connectivity index (χ3n) is 2.40. The molecule has 0 spiro atoms. The number of aromatic nitrogens is 2.